The van der Waals surface area contributed by atoms with Gasteiger partial charge in [-0.15, -0.1) is 0 Å². The fourth-order valence-corrected chi connectivity index (χ4v) is 7.19. The van der Waals surface area contributed by atoms with Gasteiger partial charge in [-0.2, -0.15) is 0 Å². The van der Waals surface area contributed by atoms with E-state index < -0.39 is 12.2 Å². The molecule has 0 aliphatic carbocycles. The monoisotopic (exact) mass is 668 g/mol. The van der Waals surface area contributed by atoms with Crippen molar-refractivity contribution in [1.82, 2.24) is 29.2 Å². The van der Waals surface area contributed by atoms with Gasteiger partial charge >= 0.3 is 11.8 Å². The van der Waals surface area contributed by atoms with Crippen LogP contribution in [0.3, 0.4) is 0 Å². The number of hydrogen-bond acceptors (Lipinski definition) is 6. The Balaban J connectivity index is 1.09. The molecule has 10 nitrogen and oxygen atoms in total. The Kier molecular flexibility index (Phi) is 10.4. The lowest BCUT2D eigenvalue weighted by atomic mass is 10.0. The van der Waals surface area contributed by atoms with Crippen LogP contribution in [0.5, 0.6) is 0 Å². The molecule has 1 N–H and O–H groups in total. The third kappa shape index (κ3) is 7.62. The summed E-state index contributed by atoms with van der Waals surface area (Å²) in [5, 5.41) is 0.818. The molecule has 46 heavy (non-hydrogen) atoms. The van der Waals surface area contributed by atoms with Crippen LogP contribution >= 0.6 is 23.2 Å². The number of imidazole rings is 1. The molecule has 1 atom stereocenters. The zero-order valence-corrected chi connectivity index (χ0v) is 27.8. The molecule has 3 saturated heterocycles. The van der Waals surface area contributed by atoms with Gasteiger partial charge in [0, 0.05) is 77.1 Å². The number of carbonyl (C=O) groups excluding carboxylic acids is 2. The molecular formula is C34H42Cl2N6O4. The van der Waals surface area contributed by atoms with Crippen molar-refractivity contribution in [2.24, 2.45) is 0 Å². The Morgan fingerprint density at radius 3 is 2.17 bits per heavy atom. The summed E-state index contributed by atoms with van der Waals surface area (Å²) in [6.45, 7) is 6.34. The van der Waals surface area contributed by atoms with Gasteiger partial charge in [0.1, 0.15) is 0 Å². The first-order chi connectivity index (χ1) is 22.2. The predicted molar refractivity (Wildman–Crippen MR) is 179 cm³/mol. The van der Waals surface area contributed by atoms with Crippen molar-refractivity contribution in [2.45, 2.75) is 50.3 Å². The Morgan fingerprint density at radius 2 is 1.50 bits per heavy atom. The van der Waals surface area contributed by atoms with E-state index in [0.717, 1.165) is 55.8 Å². The van der Waals surface area contributed by atoms with Gasteiger partial charge < -0.3 is 24.4 Å². The largest absolute Gasteiger partial charge is 0.436 e. The second-order valence-electron chi connectivity index (χ2n) is 12.7. The molecule has 3 aliphatic rings. The van der Waals surface area contributed by atoms with Gasteiger partial charge in [-0.3, -0.25) is 14.3 Å². The van der Waals surface area contributed by atoms with Crippen LogP contribution in [-0.4, -0.2) is 113 Å². The Bertz CT molecular complexity index is 1560. The third-order valence-electron chi connectivity index (χ3n) is 9.70. The first-order valence-electron chi connectivity index (χ1n) is 16.2. The lowest BCUT2D eigenvalue weighted by Crippen LogP contribution is -2.54. The van der Waals surface area contributed by atoms with E-state index in [1.807, 2.05) is 47.5 Å². The van der Waals surface area contributed by atoms with Gasteiger partial charge in [0.2, 0.25) is 0 Å². The Hall–Kier alpha value is -3.31. The molecule has 1 aromatic heterocycles. The number of halogens is 2. The van der Waals surface area contributed by atoms with Gasteiger partial charge in [-0.05, 0) is 56.0 Å². The number of nitrogens with one attached hydrogen (secondary N) is 1. The number of piperidine rings is 2. The summed E-state index contributed by atoms with van der Waals surface area (Å²) < 4.78 is 7.72. The first-order valence-corrected chi connectivity index (χ1v) is 17.0. The van der Waals surface area contributed by atoms with Crippen LogP contribution in [0.1, 0.15) is 37.3 Å². The summed E-state index contributed by atoms with van der Waals surface area (Å²) in [4.78, 5) is 51.5. The van der Waals surface area contributed by atoms with Crippen LogP contribution in [0.25, 0.3) is 11.3 Å². The average molecular weight is 670 g/mol. The van der Waals surface area contributed by atoms with Crippen molar-refractivity contribution in [3.05, 3.63) is 80.8 Å². The number of H-pyrrole nitrogens is 1. The van der Waals surface area contributed by atoms with Crippen LogP contribution in [-0.2, 0) is 16.0 Å². The number of hydrogen-bond donors (Lipinski definition) is 1. The number of ether oxygens (including phenoxy) is 1. The highest BCUT2D eigenvalue weighted by molar-refractivity contribution is 6.42. The molecule has 3 aliphatic heterocycles. The quantitative estimate of drug-likeness (QED) is 0.390. The maximum absolute atomic E-state index is 13.9. The fraction of sp³-hybridized carbons (Fsp3) is 0.500. The maximum atomic E-state index is 13.9. The molecule has 0 saturated carbocycles. The molecule has 3 aromatic rings. The highest BCUT2D eigenvalue weighted by Crippen LogP contribution is 2.27. The van der Waals surface area contributed by atoms with Gasteiger partial charge in [-0.25, -0.2) is 9.59 Å². The van der Waals surface area contributed by atoms with E-state index >= 15 is 0 Å². The van der Waals surface area contributed by atoms with E-state index in [4.69, 9.17) is 27.9 Å². The molecule has 0 unspecified atom stereocenters. The van der Waals surface area contributed by atoms with Crippen LogP contribution < -0.4 is 5.69 Å². The zero-order chi connectivity index (χ0) is 32.2. The topological polar surface area (TPSA) is 94.1 Å². The van der Waals surface area contributed by atoms with Crippen LogP contribution in [0.2, 0.25) is 10.0 Å². The molecular weight excluding hydrogens is 627 g/mol. The van der Waals surface area contributed by atoms with Gasteiger partial charge in [-0.1, -0.05) is 59.6 Å². The smallest absolute Gasteiger partial charge is 0.410 e. The number of likely N-dealkylation sites (tertiary alicyclic amines) is 2. The molecule has 0 bridgehead atoms. The van der Waals surface area contributed by atoms with E-state index in [1.165, 1.54) is 0 Å². The minimum Gasteiger partial charge on any atom is -0.436 e. The number of benzene rings is 2. The lowest BCUT2D eigenvalue weighted by molar-refractivity contribution is -0.142. The van der Waals surface area contributed by atoms with E-state index in [2.05, 4.69) is 21.8 Å². The zero-order valence-electron chi connectivity index (χ0n) is 26.2. The van der Waals surface area contributed by atoms with Crippen molar-refractivity contribution in [3.63, 3.8) is 0 Å². The number of piperazine rings is 1. The maximum Gasteiger partial charge on any atom is 0.410 e. The Labute approximate surface area is 279 Å². The standard InChI is InChI=1S/C34H42Cl2N6O4/c1-38-17-19-39(20-18-38)26-9-13-40(14-10-26)32(43)31(22-24-7-8-28(35)29(36)21-24)46-34(45)41-15-11-27(12-16-41)42-23-30(37-33(42)44)25-5-3-2-4-6-25/h2-8,21,23,26-27,31H,9-20,22H2,1H3,(H,37,44)/t31-/m1/s1. The van der Waals surface area contributed by atoms with Gasteiger partial charge in [0.15, 0.2) is 6.10 Å². The number of likely N-dealkylation sites (N-methyl/N-ethyl adjacent to an activating group) is 1. The Morgan fingerprint density at radius 1 is 0.848 bits per heavy atom. The molecule has 0 radical (unpaired) electrons. The van der Waals surface area contributed by atoms with Crippen LogP contribution in [0.4, 0.5) is 4.79 Å². The summed E-state index contributed by atoms with van der Waals surface area (Å²) in [7, 11) is 2.15. The minimum absolute atomic E-state index is 0.0412. The summed E-state index contributed by atoms with van der Waals surface area (Å²) in [6.07, 6.45) is 3.58. The molecule has 2 aromatic carbocycles. The molecule has 12 heteroatoms. The normalized spacial score (nSPS) is 19.7. The van der Waals surface area contributed by atoms with Crippen molar-refractivity contribution < 1.29 is 14.3 Å². The summed E-state index contributed by atoms with van der Waals surface area (Å²) in [6, 6.07) is 15.4. The lowest BCUT2D eigenvalue weighted by Gasteiger charge is -2.42. The molecule has 0 spiro atoms. The predicted octanol–water partition coefficient (Wildman–Crippen LogP) is 4.77. The number of aromatic amines is 1. The highest BCUT2D eigenvalue weighted by Gasteiger charge is 2.35. The van der Waals surface area contributed by atoms with Crippen LogP contribution in [0, 0.1) is 0 Å². The first kappa shape index (κ1) is 32.6. The SMILES string of the molecule is CN1CCN(C2CCN(C(=O)[C@@H](Cc3ccc(Cl)c(Cl)c3)OC(=O)N3CCC(n4cc(-c5ccccc5)[nH]c4=O)CC3)CC2)CC1. The van der Waals surface area contributed by atoms with E-state index in [-0.39, 0.29) is 24.1 Å². The average Bonchev–Trinajstić information content (AvgIpc) is 3.48. The van der Waals surface area contributed by atoms with Crippen molar-refractivity contribution in [2.75, 3.05) is 59.4 Å². The van der Waals surface area contributed by atoms with Crippen molar-refractivity contribution in [3.8, 4) is 11.3 Å². The highest BCUT2D eigenvalue weighted by atomic mass is 35.5. The van der Waals surface area contributed by atoms with E-state index in [9.17, 15) is 14.4 Å². The van der Waals surface area contributed by atoms with Crippen LogP contribution in [0.15, 0.2) is 59.5 Å². The number of carbonyl (C=O) groups is 2. The fourth-order valence-electron chi connectivity index (χ4n) is 6.87. The van der Waals surface area contributed by atoms with Crippen molar-refractivity contribution in [1.29, 1.82) is 0 Å². The molecule has 3 fully saturated rings. The number of nitrogens with zero attached hydrogens (tertiary/aromatic N) is 5. The second-order valence-corrected chi connectivity index (χ2v) is 13.5. The molecule has 2 amide bonds. The summed E-state index contributed by atoms with van der Waals surface area (Å²) in [5.74, 6) is -0.182. The van der Waals surface area contributed by atoms with Gasteiger partial charge in [0.25, 0.3) is 5.91 Å². The number of amides is 2. The number of rotatable bonds is 7. The van der Waals surface area contributed by atoms with E-state index in [0.29, 0.717) is 55.1 Å². The second kappa shape index (κ2) is 14.6. The van der Waals surface area contributed by atoms with Gasteiger partial charge in [0.05, 0.1) is 15.7 Å². The molecule has 6 rings (SSSR count). The summed E-state index contributed by atoms with van der Waals surface area (Å²) >= 11 is 12.4. The van der Waals surface area contributed by atoms with E-state index in [1.54, 1.807) is 21.6 Å². The van der Waals surface area contributed by atoms with Crippen molar-refractivity contribution >= 4 is 35.2 Å². The third-order valence-corrected chi connectivity index (χ3v) is 10.4. The summed E-state index contributed by atoms with van der Waals surface area (Å²) in [5.41, 5.74) is 2.32. The molecule has 246 valence electrons. The minimum atomic E-state index is -0.983. The number of aromatic nitrogens is 2. The molecule has 4 heterocycles.